The van der Waals surface area contributed by atoms with Crippen molar-refractivity contribution < 1.29 is 4.39 Å². The minimum absolute atomic E-state index is 0.251. The number of halogens is 1. The smallest absolute Gasteiger partial charge is 0.126 e. The second-order valence-electron chi connectivity index (χ2n) is 4.15. The molecule has 1 rings (SSSR count). The number of nitriles is 1. The molecule has 0 radical (unpaired) electrons. The standard InChI is InChI=1S/C16H16FN/c1-5-11(2)8-15(10-18)13(4)14-6-7-16(17)12(3)9-14/h5-9H,4H2,1-3H3/b11-5-,15-8-. The van der Waals surface area contributed by atoms with Gasteiger partial charge in [-0.25, -0.2) is 4.39 Å². The first-order valence-electron chi connectivity index (χ1n) is 5.70. The number of rotatable bonds is 3. The molecule has 0 aliphatic heterocycles. The molecule has 2 heteroatoms. The first-order valence-corrected chi connectivity index (χ1v) is 5.70. The number of hydrogen-bond acceptors (Lipinski definition) is 1. The molecule has 0 atom stereocenters. The predicted molar refractivity (Wildman–Crippen MR) is 73.3 cm³/mol. The molecule has 0 saturated heterocycles. The van der Waals surface area contributed by atoms with E-state index in [0.29, 0.717) is 16.7 Å². The van der Waals surface area contributed by atoms with Gasteiger partial charge in [-0.2, -0.15) is 5.26 Å². The predicted octanol–water partition coefficient (Wildman–Crippen LogP) is 4.56. The van der Waals surface area contributed by atoms with Gasteiger partial charge in [0.05, 0.1) is 11.6 Å². The Bertz CT molecular complexity index is 571. The summed E-state index contributed by atoms with van der Waals surface area (Å²) in [6.45, 7) is 9.43. The van der Waals surface area contributed by atoms with Crippen LogP contribution in [0.15, 0.2) is 48.1 Å². The summed E-state index contributed by atoms with van der Waals surface area (Å²) in [5.41, 5.74) is 3.42. The van der Waals surface area contributed by atoms with E-state index in [1.807, 2.05) is 19.9 Å². The van der Waals surface area contributed by atoms with Gasteiger partial charge < -0.3 is 0 Å². The molecule has 18 heavy (non-hydrogen) atoms. The van der Waals surface area contributed by atoms with Crippen molar-refractivity contribution in [3.05, 3.63) is 65.0 Å². The van der Waals surface area contributed by atoms with Crippen LogP contribution in [0.5, 0.6) is 0 Å². The van der Waals surface area contributed by atoms with Gasteiger partial charge in [-0.3, -0.25) is 0 Å². The Hall–Kier alpha value is -2.14. The molecule has 0 fully saturated rings. The fourth-order valence-electron chi connectivity index (χ4n) is 1.49. The van der Waals surface area contributed by atoms with Crippen LogP contribution in [-0.2, 0) is 0 Å². The van der Waals surface area contributed by atoms with E-state index >= 15 is 0 Å². The van der Waals surface area contributed by atoms with Gasteiger partial charge >= 0.3 is 0 Å². The average molecular weight is 241 g/mol. The van der Waals surface area contributed by atoms with E-state index in [9.17, 15) is 4.39 Å². The van der Waals surface area contributed by atoms with Crippen molar-refractivity contribution in [3.8, 4) is 6.07 Å². The maximum absolute atomic E-state index is 13.2. The van der Waals surface area contributed by atoms with Gasteiger partial charge in [0, 0.05) is 0 Å². The highest BCUT2D eigenvalue weighted by molar-refractivity contribution is 5.82. The third-order valence-corrected chi connectivity index (χ3v) is 2.78. The summed E-state index contributed by atoms with van der Waals surface area (Å²) in [5.74, 6) is -0.251. The van der Waals surface area contributed by atoms with Crippen LogP contribution in [0.1, 0.15) is 25.0 Å². The highest BCUT2D eigenvalue weighted by Crippen LogP contribution is 2.23. The van der Waals surface area contributed by atoms with E-state index in [1.54, 1.807) is 25.1 Å². The summed E-state index contributed by atoms with van der Waals surface area (Å²) in [7, 11) is 0. The molecule has 0 saturated carbocycles. The number of hydrogen-bond donors (Lipinski definition) is 0. The molecule has 92 valence electrons. The Morgan fingerprint density at radius 2 is 2.11 bits per heavy atom. The molecule has 0 heterocycles. The molecule has 0 unspecified atom stereocenters. The van der Waals surface area contributed by atoms with E-state index in [-0.39, 0.29) is 5.82 Å². The van der Waals surface area contributed by atoms with E-state index in [2.05, 4.69) is 12.6 Å². The van der Waals surface area contributed by atoms with Crippen LogP contribution in [-0.4, -0.2) is 0 Å². The molecule has 0 spiro atoms. The lowest BCUT2D eigenvalue weighted by Crippen LogP contribution is -1.90. The molecular formula is C16H16FN. The van der Waals surface area contributed by atoms with Gasteiger partial charge in [-0.1, -0.05) is 24.3 Å². The van der Waals surface area contributed by atoms with E-state index in [4.69, 9.17) is 5.26 Å². The maximum Gasteiger partial charge on any atom is 0.126 e. The molecule has 0 bridgehead atoms. The third kappa shape index (κ3) is 3.18. The Labute approximate surface area is 108 Å². The van der Waals surface area contributed by atoms with Crippen LogP contribution in [0.3, 0.4) is 0 Å². The third-order valence-electron chi connectivity index (χ3n) is 2.78. The topological polar surface area (TPSA) is 23.8 Å². The Morgan fingerprint density at radius 1 is 1.44 bits per heavy atom. The first kappa shape index (κ1) is 13.9. The highest BCUT2D eigenvalue weighted by atomic mass is 19.1. The molecule has 0 aliphatic rings. The van der Waals surface area contributed by atoms with Gasteiger partial charge in [0.15, 0.2) is 0 Å². The van der Waals surface area contributed by atoms with E-state index < -0.39 is 0 Å². The quantitative estimate of drug-likeness (QED) is 0.562. The minimum atomic E-state index is -0.251. The van der Waals surface area contributed by atoms with Crippen LogP contribution < -0.4 is 0 Å². The molecular weight excluding hydrogens is 225 g/mol. The maximum atomic E-state index is 13.2. The van der Waals surface area contributed by atoms with Crippen LogP contribution in [0, 0.1) is 24.1 Å². The lowest BCUT2D eigenvalue weighted by molar-refractivity contribution is 0.618. The SMILES string of the molecule is C=C(/C(C#N)=C\C(C)=C/C)c1ccc(F)c(C)c1. The number of aryl methyl sites for hydroxylation is 1. The second kappa shape index (κ2) is 5.97. The largest absolute Gasteiger partial charge is 0.207 e. The van der Waals surface area contributed by atoms with Gasteiger partial charge in [0.2, 0.25) is 0 Å². The lowest BCUT2D eigenvalue weighted by Gasteiger charge is -2.06. The van der Waals surface area contributed by atoms with E-state index in [1.165, 1.54) is 6.07 Å². The second-order valence-corrected chi connectivity index (χ2v) is 4.15. The van der Waals surface area contributed by atoms with Crippen LogP contribution in [0.4, 0.5) is 4.39 Å². The lowest BCUT2D eigenvalue weighted by atomic mass is 9.97. The van der Waals surface area contributed by atoms with Crippen LogP contribution in [0.25, 0.3) is 5.57 Å². The van der Waals surface area contributed by atoms with E-state index in [0.717, 1.165) is 11.1 Å². The molecule has 0 aliphatic carbocycles. The van der Waals surface area contributed by atoms with Gasteiger partial charge in [0.25, 0.3) is 0 Å². The van der Waals surface area contributed by atoms with Gasteiger partial charge in [-0.05, 0) is 55.7 Å². The van der Waals surface area contributed by atoms with Gasteiger partial charge in [0.1, 0.15) is 5.82 Å². The average Bonchev–Trinajstić information content (AvgIpc) is 2.38. The Morgan fingerprint density at radius 3 is 2.61 bits per heavy atom. The van der Waals surface area contributed by atoms with Crippen LogP contribution >= 0.6 is 0 Å². The van der Waals surface area contributed by atoms with Crippen molar-refractivity contribution in [3.63, 3.8) is 0 Å². The van der Waals surface area contributed by atoms with Crippen molar-refractivity contribution >= 4 is 5.57 Å². The normalized spacial score (nSPS) is 12.2. The van der Waals surface area contributed by atoms with Crippen molar-refractivity contribution in [1.82, 2.24) is 0 Å². The molecule has 1 nitrogen and oxygen atoms in total. The van der Waals surface area contributed by atoms with Gasteiger partial charge in [-0.15, -0.1) is 0 Å². The zero-order valence-electron chi connectivity index (χ0n) is 10.9. The summed E-state index contributed by atoms with van der Waals surface area (Å²) in [6, 6.07) is 6.86. The molecule has 0 aromatic heterocycles. The van der Waals surface area contributed by atoms with Crippen molar-refractivity contribution in [2.45, 2.75) is 20.8 Å². The molecule has 1 aromatic rings. The minimum Gasteiger partial charge on any atom is -0.207 e. The highest BCUT2D eigenvalue weighted by Gasteiger charge is 2.07. The zero-order chi connectivity index (χ0) is 13.7. The number of allylic oxidation sites excluding steroid dienone is 5. The summed E-state index contributed by atoms with van der Waals surface area (Å²) in [6.07, 6.45) is 3.70. The number of benzene rings is 1. The molecule has 0 N–H and O–H groups in total. The fourth-order valence-corrected chi connectivity index (χ4v) is 1.49. The summed E-state index contributed by atoms with van der Waals surface area (Å²) >= 11 is 0. The van der Waals surface area contributed by atoms with Crippen molar-refractivity contribution in [2.75, 3.05) is 0 Å². The Balaban J connectivity index is 3.17. The van der Waals surface area contributed by atoms with Crippen molar-refractivity contribution in [1.29, 1.82) is 5.26 Å². The summed E-state index contributed by atoms with van der Waals surface area (Å²) < 4.78 is 13.2. The first-order chi connectivity index (χ1) is 8.49. The Kier molecular flexibility index (Phi) is 4.62. The summed E-state index contributed by atoms with van der Waals surface area (Å²) in [4.78, 5) is 0. The van der Waals surface area contributed by atoms with Crippen molar-refractivity contribution in [2.24, 2.45) is 0 Å². The molecule has 1 aromatic carbocycles. The fraction of sp³-hybridized carbons (Fsp3) is 0.188. The molecule has 0 amide bonds. The zero-order valence-corrected chi connectivity index (χ0v) is 10.9. The monoisotopic (exact) mass is 241 g/mol. The number of nitrogens with zero attached hydrogens (tertiary/aromatic N) is 1. The van der Waals surface area contributed by atoms with Crippen LogP contribution in [0.2, 0.25) is 0 Å². The summed E-state index contributed by atoms with van der Waals surface area (Å²) in [5, 5.41) is 9.15.